The molecule has 0 aliphatic carbocycles. The number of aromatic nitrogens is 2. The Kier molecular flexibility index (Phi) is 2.69. The molecule has 1 amide bonds. The largest absolute Gasteiger partial charge is 0.482 e. The zero-order valence-electron chi connectivity index (χ0n) is 12.4. The zero-order chi connectivity index (χ0) is 15.3. The Morgan fingerprint density at radius 1 is 1.23 bits per heavy atom. The molecule has 3 aromatic rings. The monoisotopic (exact) mass is 293 g/mol. The summed E-state index contributed by atoms with van der Waals surface area (Å²) < 4.78 is 7.46. The van der Waals surface area contributed by atoms with E-state index in [-0.39, 0.29) is 12.5 Å². The zero-order valence-corrected chi connectivity index (χ0v) is 12.4. The molecule has 1 aromatic carbocycles. The smallest absolute Gasteiger partial charge is 0.262 e. The maximum atomic E-state index is 11.5. The molecular weight excluding hydrogens is 278 g/mol. The molecule has 110 valence electrons. The number of pyridine rings is 1. The van der Waals surface area contributed by atoms with Gasteiger partial charge in [0.25, 0.3) is 5.91 Å². The third-order valence-electron chi connectivity index (χ3n) is 3.91. The average Bonchev–Trinajstić information content (AvgIpc) is 2.83. The molecule has 4 rings (SSSR count). The summed E-state index contributed by atoms with van der Waals surface area (Å²) in [4.78, 5) is 16.2. The second-order valence-electron chi connectivity index (χ2n) is 5.53. The number of aryl methyl sites for hydroxylation is 2. The van der Waals surface area contributed by atoms with E-state index in [1.165, 1.54) is 5.56 Å². The number of amides is 1. The van der Waals surface area contributed by atoms with E-state index in [1.807, 2.05) is 31.3 Å². The van der Waals surface area contributed by atoms with Gasteiger partial charge in [0.2, 0.25) is 0 Å². The van der Waals surface area contributed by atoms with Crippen LogP contribution in [0.15, 0.2) is 36.5 Å². The fraction of sp³-hybridized carbons (Fsp3) is 0.176. The first-order valence-electron chi connectivity index (χ1n) is 7.14. The first kappa shape index (κ1) is 12.9. The highest BCUT2D eigenvalue weighted by atomic mass is 16.5. The average molecular weight is 293 g/mol. The van der Waals surface area contributed by atoms with Crippen molar-refractivity contribution in [3.63, 3.8) is 0 Å². The van der Waals surface area contributed by atoms with Crippen molar-refractivity contribution in [3.8, 4) is 17.0 Å². The summed E-state index contributed by atoms with van der Waals surface area (Å²) in [7, 11) is 0. The number of fused-ring (bicyclic) bond motifs is 2. The Morgan fingerprint density at radius 3 is 2.95 bits per heavy atom. The Hall–Kier alpha value is -2.82. The topological polar surface area (TPSA) is 55.6 Å². The second kappa shape index (κ2) is 4.59. The summed E-state index contributed by atoms with van der Waals surface area (Å²) in [6, 6.07) is 9.87. The van der Waals surface area contributed by atoms with Gasteiger partial charge in [0.15, 0.2) is 6.61 Å². The molecule has 2 aromatic heterocycles. The number of imidazole rings is 1. The number of benzene rings is 1. The molecule has 1 N–H and O–H groups in total. The van der Waals surface area contributed by atoms with E-state index in [1.54, 1.807) is 0 Å². The number of ether oxygens (including phenoxy) is 1. The molecule has 0 fully saturated rings. The van der Waals surface area contributed by atoms with Gasteiger partial charge in [0.1, 0.15) is 11.4 Å². The number of nitrogens with one attached hydrogen (secondary N) is 1. The Labute approximate surface area is 127 Å². The SMILES string of the molecule is Cc1ccn2c(C)c(-c3ccc4c(c3)NC(=O)CO4)nc2c1. The molecule has 0 unspecified atom stereocenters. The van der Waals surface area contributed by atoms with Crippen molar-refractivity contribution in [2.45, 2.75) is 13.8 Å². The minimum Gasteiger partial charge on any atom is -0.482 e. The van der Waals surface area contributed by atoms with Crippen LogP contribution < -0.4 is 10.1 Å². The fourth-order valence-electron chi connectivity index (χ4n) is 2.77. The number of carbonyl (C=O) groups is 1. The molecule has 5 heteroatoms. The number of hydrogen-bond donors (Lipinski definition) is 1. The summed E-state index contributed by atoms with van der Waals surface area (Å²) in [5, 5.41) is 2.83. The third-order valence-corrected chi connectivity index (χ3v) is 3.91. The Balaban J connectivity index is 1.87. The molecular formula is C17H15N3O2. The molecule has 1 aliphatic heterocycles. The van der Waals surface area contributed by atoms with E-state index in [0.717, 1.165) is 22.6 Å². The predicted molar refractivity (Wildman–Crippen MR) is 84.2 cm³/mol. The van der Waals surface area contributed by atoms with Crippen molar-refractivity contribution in [1.29, 1.82) is 0 Å². The molecule has 0 saturated heterocycles. The molecule has 3 heterocycles. The van der Waals surface area contributed by atoms with Gasteiger partial charge in [-0.1, -0.05) is 0 Å². The van der Waals surface area contributed by atoms with Gasteiger partial charge in [-0.05, 0) is 49.7 Å². The number of rotatable bonds is 1. The highest BCUT2D eigenvalue weighted by Crippen LogP contribution is 2.33. The lowest BCUT2D eigenvalue weighted by molar-refractivity contribution is -0.118. The normalized spacial score (nSPS) is 13.6. The van der Waals surface area contributed by atoms with Crippen LogP contribution in [0.1, 0.15) is 11.3 Å². The van der Waals surface area contributed by atoms with Crippen LogP contribution in [0.2, 0.25) is 0 Å². The number of nitrogens with zero attached hydrogens (tertiary/aromatic N) is 2. The molecule has 0 saturated carbocycles. The first-order chi connectivity index (χ1) is 10.6. The number of anilines is 1. The van der Waals surface area contributed by atoms with E-state index in [4.69, 9.17) is 9.72 Å². The molecule has 5 nitrogen and oxygen atoms in total. The Bertz CT molecular complexity index is 912. The third kappa shape index (κ3) is 1.94. The standard InChI is InChI=1S/C17H15N3O2/c1-10-5-6-20-11(2)17(19-15(20)7-10)12-3-4-14-13(8-12)18-16(21)9-22-14/h3-8H,9H2,1-2H3,(H,18,21). The van der Waals surface area contributed by atoms with Crippen LogP contribution in [0.4, 0.5) is 5.69 Å². The summed E-state index contributed by atoms with van der Waals surface area (Å²) in [5.41, 5.74) is 5.73. The highest BCUT2D eigenvalue weighted by molar-refractivity contribution is 5.96. The van der Waals surface area contributed by atoms with Crippen molar-refractivity contribution >= 4 is 17.2 Å². The first-order valence-corrected chi connectivity index (χ1v) is 7.14. The maximum absolute atomic E-state index is 11.5. The Morgan fingerprint density at radius 2 is 2.09 bits per heavy atom. The van der Waals surface area contributed by atoms with Gasteiger partial charge in [-0.3, -0.25) is 4.79 Å². The van der Waals surface area contributed by atoms with Crippen LogP contribution in [0, 0.1) is 13.8 Å². The lowest BCUT2D eigenvalue weighted by Gasteiger charge is -2.18. The molecule has 22 heavy (non-hydrogen) atoms. The maximum Gasteiger partial charge on any atom is 0.262 e. The summed E-state index contributed by atoms with van der Waals surface area (Å²) in [6.45, 7) is 4.16. The van der Waals surface area contributed by atoms with Crippen LogP contribution in [-0.2, 0) is 4.79 Å². The molecule has 0 spiro atoms. The predicted octanol–water partition coefficient (Wildman–Crippen LogP) is 2.95. The summed E-state index contributed by atoms with van der Waals surface area (Å²) in [5.74, 6) is 0.563. The summed E-state index contributed by atoms with van der Waals surface area (Å²) in [6.07, 6.45) is 2.03. The van der Waals surface area contributed by atoms with Gasteiger partial charge >= 0.3 is 0 Å². The summed E-state index contributed by atoms with van der Waals surface area (Å²) >= 11 is 0. The highest BCUT2D eigenvalue weighted by Gasteiger charge is 2.18. The van der Waals surface area contributed by atoms with Gasteiger partial charge < -0.3 is 14.5 Å². The minimum atomic E-state index is -0.132. The van der Waals surface area contributed by atoms with Gasteiger partial charge in [-0.2, -0.15) is 0 Å². The fourth-order valence-corrected chi connectivity index (χ4v) is 2.77. The van der Waals surface area contributed by atoms with E-state index in [9.17, 15) is 4.79 Å². The minimum absolute atomic E-state index is 0.0685. The van der Waals surface area contributed by atoms with Crippen LogP contribution >= 0.6 is 0 Å². The van der Waals surface area contributed by atoms with Crippen LogP contribution in [0.5, 0.6) is 5.75 Å². The van der Waals surface area contributed by atoms with Crippen molar-refractivity contribution in [3.05, 3.63) is 47.8 Å². The van der Waals surface area contributed by atoms with E-state index >= 15 is 0 Å². The van der Waals surface area contributed by atoms with Crippen LogP contribution in [0.25, 0.3) is 16.9 Å². The molecule has 1 aliphatic rings. The van der Waals surface area contributed by atoms with Gasteiger partial charge in [-0.15, -0.1) is 0 Å². The lowest BCUT2D eigenvalue weighted by atomic mass is 10.1. The van der Waals surface area contributed by atoms with Crippen molar-refractivity contribution in [2.75, 3.05) is 11.9 Å². The van der Waals surface area contributed by atoms with E-state index < -0.39 is 0 Å². The number of hydrogen-bond acceptors (Lipinski definition) is 3. The quantitative estimate of drug-likeness (QED) is 0.750. The molecule has 0 atom stereocenters. The second-order valence-corrected chi connectivity index (χ2v) is 5.53. The van der Waals surface area contributed by atoms with E-state index in [2.05, 4.69) is 28.8 Å². The number of carbonyl (C=O) groups excluding carboxylic acids is 1. The van der Waals surface area contributed by atoms with Gasteiger partial charge in [0, 0.05) is 17.5 Å². The molecule has 0 bridgehead atoms. The lowest BCUT2D eigenvalue weighted by Crippen LogP contribution is -2.25. The van der Waals surface area contributed by atoms with Crippen molar-refractivity contribution in [2.24, 2.45) is 0 Å². The van der Waals surface area contributed by atoms with E-state index in [0.29, 0.717) is 11.4 Å². The van der Waals surface area contributed by atoms with Crippen LogP contribution in [-0.4, -0.2) is 21.9 Å². The van der Waals surface area contributed by atoms with Crippen LogP contribution in [0.3, 0.4) is 0 Å². The van der Waals surface area contributed by atoms with Gasteiger partial charge in [0.05, 0.1) is 11.4 Å². The van der Waals surface area contributed by atoms with Crippen molar-refractivity contribution < 1.29 is 9.53 Å². The molecule has 0 radical (unpaired) electrons. The van der Waals surface area contributed by atoms with Gasteiger partial charge in [-0.25, -0.2) is 4.98 Å². The van der Waals surface area contributed by atoms with Crippen molar-refractivity contribution in [1.82, 2.24) is 9.38 Å².